The summed E-state index contributed by atoms with van der Waals surface area (Å²) in [6, 6.07) is 0. The van der Waals surface area contributed by atoms with Crippen molar-refractivity contribution in [3.05, 3.63) is 35.9 Å². The van der Waals surface area contributed by atoms with Crippen LogP contribution in [0.2, 0.25) is 0 Å². The van der Waals surface area contributed by atoms with Gasteiger partial charge >= 0.3 is 0 Å². The van der Waals surface area contributed by atoms with Gasteiger partial charge in [0.25, 0.3) is 0 Å². The third-order valence-electron chi connectivity index (χ3n) is 5.64. The van der Waals surface area contributed by atoms with Crippen molar-refractivity contribution in [3.63, 3.8) is 0 Å². The molecule has 1 saturated carbocycles. The standard InChI is InChI=1S/C18H23N5O/c1-12-4-19-11-21-18(12)23-8-14-6-22(7-15(14)9-23)10-17-20-5-16(24-17)13-2-3-13/h4-5,11,13-15H,2-3,6-10H2,1H3. The molecule has 5 rings (SSSR count). The first kappa shape index (κ1) is 14.4. The summed E-state index contributed by atoms with van der Waals surface area (Å²) < 4.78 is 5.92. The number of aromatic nitrogens is 3. The number of aryl methyl sites for hydroxylation is 1. The molecule has 2 unspecified atom stereocenters. The van der Waals surface area contributed by atoms with Gasteiger partial charge in [0.1, 0.15) is 17.9 Å². The highest BCUT2D eigenvalue weighted by molar-refractivity contribution is 5.46. The van der Waals surface area contributed by atoms with Crippen molar-refractivity contribution in [2.24, 2.45) is 11.8 Å². The van der Waals surface area contributed by atoms with Crippen LogP contribution in [0.3, 0.4) is 0 Å². The first-order valence-corrected chi connectivity index (χ1v) is 8.95. The van der Waals surface area contributed by atoms with Crippen molar-refractivity contribution < 1.29 is 4.42 Å². The van der Waals surface area contributed by atoms with Crippen LogP contribution < -0.4 is 4.90 Å². The SMILES string of the molecule is Cc1cncnc1N1CC2CN(Cc3ncc(C4CC4)o3)CC2C1. The first-order valence-electron chi connectivity index (χ1n) is 8.95. The van der Waals surface area contributed by atoms with Crippen LogP contribution in [0.5, 0.6) is 0 Å². The van der Waals surface area contributed by atoms with Crippen LogP contribution in [-0.2, 0) is 6.54 Å². The molecule has 1 aliphatic carbocycles. The lowest BCUT2D eigenvalue weighted by Gasteiger charge is -2.22. The Bertz CT molecular complexity index is 727. The second kappa shape index (κ2) is 5.55. The molecule has 24 heavy (non-hydrogen) atoms. The Morgan fingerprint density at radius 2 is 1.88 bits per heavy atom. The second-order valence-corrected chi connectivity index (χ2v) is 7.58. The van der Waals surface area contributed by atoms with Gasteiger partial charge in [0.15, 0.2) is 0 Å². The quantitative estimate of drug-likeness (QED) is 0.859. The second-order valence-electron chi connectivity index (χ2n) is 7.58. The van der Waals surface area contributed by atoms with Gasteiger partial charge in [0.05, 0.1) is 12.7 Å². The molecule has 6 nitrogen and oxygen atoms in total. The minimum absolute atomic E-state index is 0.647. The molecule has 3 aliphatic rings. The highest BCUT2D eigenvalue weighted by atomic mass is 16.4. The first-order chi connectivity index (χ1) is 11.8. The largest absolute Gasteiger partial charge is 0.444 e. The summed E-state index contributed by atoms with van der Waals surface area (Å²) in [4.78, 5) is 18.0. The molecule has 0 spiro atoms. The monoisotopic (exact) mass is 325 g/mol. The molecule has 3 fully saturated rings. The van der Waals surface area contributed by atoms with E-state index < -0.39 is 0 Å². The average Bonchev–Trinajstić information content (AvgIpc) is 3.02. The number of hydrogen-bond acceptors (Lipinski definition) is 6. The molecule has 2 atom stereocenters. The average molecular weight is 325 g/mol. The van der Waals surface area contributed by atoms with Gasteiger partial charge in [-0.3, -0.25) is 4.90 Å². The van der Waals surface area contributed by atoms with E-state index in [1.165, 1.54) is 18.4 Å². The highest BCUT2D eigenvalue weighted by Crippen LogP contribution is 2.40. The molecule has 6 heteroatoms. The minimum atomic E-state index is 0.647. The van der Waals surface area contributed by atoms with Crippen molar-refractivity contribution in [2.75, 3.05) is 31.1 Å². The smallest absolute Gasteiger partial charge is 0.208 e. The van der Waals surface area contributed by atoms with Crippen molar-refractivity contribution in [1.29, 1.82) is 0 Å². The predicted molar refractivity (Wildman–Crippen MR) is 89.7 cm³/mol. The molecule has 0 N–H and O–H groups in total. The Balaban J connectivity index is 1.21. The molecule has 126 valence electrons. The van der Waals surface area contributed by atoms with Crippen LogP contribution in [0.15, 0.2) is 23.1 Å². The Morgan fingerprint density at radius 1 is 1.08 bits per heavy atom. The molecular formula is C18H23N5O. The zero-order valence-corrected chi connectivity index (χ0v) is 14.1. The number of nitrogens with zero attached hydrogens (tertiary/aromatic N) is 5. The summed E-state index contributed by atoms with van der Waals surface area (Å²) >= 11 is 0. The maximum Gasteiger partial charge on any atom is 0.208 e. The molecule has 0 amide bonds. The van der Waals surface area contributed by atoms with Gasteiger partial charge in [0, 0.05) is 43.9 Å². The molecule has 0 bridgehead atoms. The van der Waals surface area contributed by atoms with Crippen molar-refractivity contribution >= 4 is 5.82 Å². The zero-order valence-electron chi connectivity index (χ0n) is 14.1. The summed E-state index contributed by atoms with van der Waals surface area (Å²) in [5, 5.41) is 0. The fourth-order valence-electron chi connectivity index (χ4n) is 4.26. The van der Waals surface area contributed by atoms with Gasteiger partial charge in [-0.2, -0.15) is 0 Å². The fraction of sp³-hybridized carbons (Fsp3) is 0.611. The van der Waals surface area contributed by atoms with Gasteiger partial charge in [-0.1, -0.05) is 0 Å². The molecule has 2 aromatic rings. The third kappa shape index (κ3) is 2.59. The van der Waals surface area contributed by atoms with E-state index in [0.717, 1.165) is 62.0 Å². The summed E-state index contributed by atoms with van der Waals surface area (Å²) in [6.45, 7) is 7.40. The van der Waals surface area contributed by atoms with Gasteiger partial charge < -0.3 is 9.32 Å². The van der Waals surface area contributed by atoms with Crippen LogP contribution >= 0.6 is 0 Å². The molecule has 4 heterocycles. The van der Waals surface area contributed by atoms with E-state index in [9.17, 15) is 0 Å². The van der Waals surface area contributed by atoms with E-state index in [-0.39, 0.29) is 0 Å². The summed E-state index contributed by atoms with van der Waals surface area (Å²) in [7, 11) is 0. The number of likely N-dealkylation sites (tertiary alicyclic amines) is 1. The summed E-state index contributed by atoms with van der Waals surface area (Å²) in [6.07, 6.45) is 8.02. The number of oxazole rings is 1. The zero-order chi connectivity index (χ0) is 16.1. The normalized spacial score (nSPS) is 27.0. The molecule has 2 aromatic heterocycles. The molecule has 2 aliphatic heterocycles. The van der Waals surface area contributed by atoms with Gasteiger partial charge in [-0.05, 0) is 31.6 Å². The van der Waals surface area contributed by atoms with E-state index in [1.807, 2.05) is 12.4 Å². The highest BCUT2D eigenvalue weighted by Gasteiger charge is 2.41. The van der Waals surface area contributed by atoms with Crippen LogP contribution in [-0.4, -0.2) is 46.0 Å². The number of anilines is 1. The number of hydrogen-bond donors (Lipinski definition) is 0. The molecule has 2 saturated heterocycles. The van der Waals surface area contributed by atoms with Gasteiger partial charge in [0.2, 0.25) is 5.89 Å². The van der Waals surface area contributed by atoms with Crippen molar-refractivity contribution in [3.8, 4) is 0 Å². The van der Waals surface area contributed by atoms with E-state index in [0.29, 0.717) is 5.92 Å². The fourth-order valence-corrected chi connectivity index (χ4v) is 4.26. The van der Waals surface area contributed by atoms with Crippen LogP contribution in [0.4, 0.5) is 5.82 Å². The van der Waals surface area contributed by atoms with Gasteiger partial charge in [-0.15, -0.1) is 0 Å². The lowest BCUT2D eigenvalue weighted by atomic mass is 10.0. The number of fused-ring (bicyclic) bond motifs is 1. The van der Waals surface area contributed by atoms with Crippen LogP contribution in [0.1, 0.15) is 36.0 Å². The summed E-state index contributed by atoms with van der Waals surface area (Å²) in [5.74, 6) is 5.17. The molecule has 0 aromatic carbocycles. The Labute approximate surface area is 141 Å². The Hall–Kier alpha value is -1.95. The van der Waals surface area contributed by atoms with Crippen molar-refractivity contribution in [1.82, 2.24) is 19.9 Å². The van der Waals surface area contributed by atoms with E-state index in [4.69, 9.17) is 4.42 Å². The molecular weight excluding hydrogens is 302 g/mol. The lowest BCUT2D eigenvalue weighted by molar-refractivity contribution is 0.270. The van der Waals surface area contributed by atoms with Crippen LogP contribution in [0.25, 0.3) is 0 Å². The van der Waals surface area contributed by atoms with Crippen LogP contribution in [0, 0.1) is 18.8 Å². The van der Waals surface area contributed by atoms with Gasteiger partial charge in [-0.25, -0.2) is 15.0 Å². The number of rotatable bonds is 4. The lowest BCUT2D eigenvalue weighted by Crippen LogP contribution is -2.29. The Kier molecular flexibility index (Phi) is 3.33. The third-order valence-corrected chi connectivity index (χ3v) is 5.64. The van der Waals surface area contributed by atoms with Crippen molar-refractivity contribution in [2.45, 2.75) is 32.2 Å². The van der Waals surface area contributed by atoms with E-state index >= 15 is 0 Å². The van der Waals surface area contributed by atoms with E-state index in [2.05, 4.69) is 31.7 Å². The van der Waals surface area contributed by atoms with E-state index in [1.54, 1.807) is 6.33 Å². The summed E-state index contributed by atoms with van der Waals surface area (Å²) in [5.41, 5.74) is 1.17. The Morgan fingerprint density at radius 3 is 2.58 bits per heavy atom. The minimum Gasteiger partial charge on any atom is -0.444 e. The molecule has 0 radical (unpaired) electrons. The topological polar surface area (TPSA) is 58.3 Å². The maximum absolute atomic E-state index is 5.92. The maximum atomic E-state index is 5.92. The predicted octanol–water partition coefficient (Wildman–Crippen LogP) is 2.22.